The van der Waals surface area contributed by atoms with Crippen LogP contribution >= 0.6 is 12.4 Å². The van der Waals surface area contributed by atoms with Crippen LogP contribution in [-0.2, 0) is 16.6 Å². The zero-order valence-electron chi connectivity index (χ0n) is 14.9. The van der Waals surface area contributed by atoms with Crippen LogP contribution in [0.25, 0.3) is 0 Å². The molecule has 1 aromatic carbocycles. The number of anilines is 1. The molecule has 3 rings (SSSR count). The molecule has 2 amide bonds. The molecular weight excluding hydrogens is 354 g/mol. The molecule has 1 aromatic heterocycles. The highest BCUT2D eigenvalue weighted by molar-refractivity contribution is 6.00. The Morgan fingerprint density at radius 2 is 2.04 bits per heavy atom. The molecule has 1 aliphatic rings. The highest BCUT2D eigenvalue weighted by atomic mass is 35.5. The first-order valence-electron chi connectivity index (χ1n) is 8.42. The van der Waals surface area contributed by atoms with Gasteiger partial charge in [-0.25, -0.2) is 0 Å². The van der Waals surface area contributed by atoms with Crippen molar-refractivity contribution in [1.82, 2.24) is 20.4 Å². The predicted molar refractivity (Wildman–Crippen MR) is 102 cm³/mol. The maximum atomic E-state index is 12.8. The standard InChI is InChI=1S/C18H23N5O2.ClH/c1-19-16(13-11-20-22(2)12-13)17(24)21-15-9-6-10-23(18(15)25)14-7-4-3-5-8-14;/h3-5,7-8,11-12,15-16,19H,6,9-10H2,1-2H3,(H,21,24);1H. The van der Waals surface area contributed by atoms with Crippen molar-refractivity contribution < 1.29 is 9.59 Å². The summed E-state index contributed by atoms with van der Waals surface area (Å²) in [7, 11) is 3.52. The minimum atomic E-state index is -0.534. The van der Waals surface area contributed by atoms with E-state index in [0.717, 1.165) is 17.7 Å². The fourth-order valence-corrected chi connectivity index (χ4v) is 3.17. The number of nitrogens with zero attached hydrogens (tertiary/aromatic N) is 3. The van der Waals surface area contributed by atoms with Crippen LogP contribution in [0.3, 0.4) is 0 Å². The molecule has 0 aliphatic carbocycles. The Balaban J connectivity index is 0.00000243. The summed E-state index contributed by atoms with van der Waals surface area (Å²) in [6.07, 6.45) is 4.94. The summed E-state index contributed by atoms with van der Waals surface area (Å²) in [4.78, 5) is 27.2. The van der Waals surface area contributed by atoms with Gasteiger partial charge in [-0.15, -0.1) is 12.4 Å². The summed E-state index contributed by atoms with van der Waals surface area (Å²) in [6, 6.07) is 8.52. The number of hydrogen-bond donors (Lipinski definition) is 2. The molecule has 1 fully saturated rings. The Kier molecular flexibility index (Phi) is 6.76. The summed E-state index contributed by atoms with van der Waals surface area (Å²) in [6.45, 7) is 0.674. The molecular formula is C18H24ClN5O2. The first kappa shape index (κ1) is 19.9. The van der Waals surface area contributed by atoms with Crippen LogP contribution in [0, 0.1) is 0 Å². The first-order chi connectivity index (χ1) is 12.1. The number of para-hydroxylation sites is 1. The molecule has 2 heterocycles. The second-order valence-corrected chi connectivity index (χ2v) is 6.20. The van der Waals surface area contributed by atoms with Crippen LogP contribution in [0.4, 0.5) is 5.69 Å². The Bertz CT molecular complexity index is 749. The van der Waals surface area contributed by atoms with Gasteiger partial charge in [-0.3, -0.25) is 14.3 Å². The smallest absolute Gasteiger partial charge is 0.249 e. The number of aryl methyl sites for hydroxylation is 1. The number of benzene rings is 1. The molecule has 0 saturated carbocycles. The van der Waals surface area contributed by atoms with Crippen molar-refractivity contribution in [2.75, 3.05) is 18.5 Å². The van der Waals surface area contributed by atoms with E-state index in [1.807, 2.05) is 30.3 Å². The molecule has 0 spiro atoms. The van der Waals surface area contributed by atoms with Crippen molar-refractivity contribution in [2.24, 2.45) is 7.05 Å². The van der Waals surface area contributed by atoms with E-state index in [1.54, 1.807) is 36.1 Å². The molecule has 140 valence electrons. The number of aromatic nitrogens is 2. The van der Waals surface area contributed by atoms with E-state index in [1.165, 1.54) is 0 Å². The zero-order valence-corrected chi connectivity index (χ0v) is 15.7. The zero-order chi connectivity index (χ0) is 17.8. The lowest BCUT2D eigenvalue weighted by Crippen LogP contribution is -2.54. The first-order valence-corrected chi connectivity index (χ1v) is 8.42. The lowest BCUT2D eigenvalue weighted by Gasteiger charge is -2.33. The summed E-state index contributed by atoms with van der Waals surface area (Å²) in [5.74, 6) is -0.282. The predicted octanol–water partition coefficient (Wildman–Crippen LogP) is 1.41. The molecule has 1 aliphatic heterocycles. The fraction of sp³-hybridized carbons (Fsp3) is 0.389. The van der Waals surface area contributed by atoms with Gasteiger partial charge in [0.15, 0.2) is 0 Å². The number of carbonyl (C=O) groups excluding carboxylic acids is 2. The Morgan fingerprint density at radius 3 is 2.65 bits per heavy atom. The third kappa shape index (κ3) is 4.23. The average Bonchev–Trinajstić information content (AvgIpc) is 3.04. The van der Waals surface area contributed by atoms with Crippen molar-refractivity contribution in [3.05, 3.63) is 48.3 Å². The summed E-state index contributed by atoms with van der Waals surface area (Å²) < 4.78 is 1.65. The molecule has 2 unspecified atom stereocenters. The van der Waals surface area contributed by atoms with Gasteiger partial charge in [0, 0.05) is 31.0 Å². The van der Waals surface area contributed by atoms with Gasteiger partial charge in [-0.1, -0.05) is 18.2 Å². The van der Waals surface area contributed by atoms with Gasteiger partial charge in [-0.05, 0) is 32.0 Å². The molecule has 2 N–H and O–H groups in total. The number of halogens is 1. The SMILES string of the molecule is CNC(C(=O)NC1CCCN(c2ccccc2)C1=O)c1cnn(C)c1.Cl. The third-order valence-corrected chi connectivity index (χ3v) is 4.43. The minimum Gasteiger partial charge on any atom is -0.343 e. The fourth-order valence-electron chi connectivity index (χ4n) is 3.17. The van der Waals surface area contributed by atoms with E-state index in [4.69, 9.17) is 0 Å². The maximum absolute atomic E-state index is 12.8. The summed E-state index contributed by atoms with van der Waals surface area (Å²) in [5, 5.41) is 9.99. The van der Waals surface area contributed by atoms with Gasteiger partial charge >= 0.3 is 0 Å². The van der Waals surface area contributed by atoms with Crippen molar-refractivity contribution >= 4 is 29.9 Å². The van der Waals surface area contributed by atoms with Gasteiger partial charge in [0.05, 0.1) is 6.20 Å². The number of carbonyl (C=O) groups is 2. The lowest BCUT2D eigenvalue weighted by molar-refractivity contribution is -0.129. The van der Waals surface area contributed by atoms with E-state index in [0.29, 0.717) is 13.0 Å². The second kappa shape index (κ2) is 8.82. The molecule has 1 saturated heterocycles. The number of amides is 2. The number of hydrogen-bond acceptors (Lipinski definition) is 4. The van der Waals surface area contributed by atoms with E-state index in [9.17, 15) is 9.59 Å². The summed E-state index contributed by atoms with van der Waals surface area (Å²) >= 11 is 0. The Hall–Kier alpha value is -2.38. The molecule has 8 heteroatoms. The molecule has 7 nitrogen and oxygen atoms in total. The van der Waals surface area contributed by atoms with Crippen LogP contribution in [0.15, 0.2) is 42.7 Å². The second-order valence-electron chi connectivity index (χ2n) is 6.20. The van der Waals surface area contributed by atoms with Gasteiger partial charge in [-0.2, -0.15) is 5.10 Å². The van der Waals surface area contributed by atoms with Crippen LogP contribution in [0.2, 0.25) is 0 Å². The van der Waals surface area contributed by atoms with Crippen LogP contribution in [-0.4, -0.2) is 41.2 Å². The highest BCUT2D eigenvalue weighted by Crippen LogP contribution is 2.21. The average molecular weight is 378 g/mol. The van der Waals surface area contributed by atoms with Gasteiger partial charge in [0.25, 0.3) is 0 Å². The van der Waals surface area contributed by atoms with Gasteiger partial charge in [0.2, 0.25) is 11.8 Å². The Morgan fingerprint density at radius 1 is 1.31 bits per heavy atom. The van der Waals surface area contributed by atoms with Crippen LogP contribution in [0.5, 0.6) is 0 Å². The normalized spacial score (nSPS) is 18.2. The molecule has 2 aromatic rings. The van der Waals surface area contributed by atoms with Crippen LogP contribution < -0.4 is 15.5 Å². The number of nitrogens with one attached hydrogen (secondary N) is 2. The number of piperidine rings is 1. The third-order valence-electron chi connectivity index (χ3n) is 4.43. The van der Waals surface area contributed by atoms with E-state index < -0.39 is 12.1 Å². The van der Waals surface area contributed by atoms with Crippen molar-refractivity contribution in [3.8, 4) is 0 Å². The Labute approximate surface area is 159 Å². The van der Waals surface area contributed by atoms with E-state index in [2.05, 4.69) is 15.7 Å². The molecule has 0 bridgehead atoms. The molecule has 0 radical (unpaired) electrons. The molecule has 26 heavy (non-hydrogen) atoms. The molecule has 2 atom stereocenters. The lowest BCUT2D eigenvalue weighted by atomic mass is 10.0. The summed E-state index contributed by atoms with van der Waals surface area (Å²) in [5.41, 5.74) is 1.63. The quantitative estimate of drug-likeness (QED) is 0.825. The topological polar surface area (TPSA) is 79.3 Å². The van der Waals surface area contributed by atoms with Crippen molar-refractivity contribution in [2.45, 2.75) is 24.9 Å². The monoisotopic (exact) mass is 377 g/mol. The van der Waals surface area contributed by atoms with Crippen molar-refractivity contribution in [3.63, 3.8) is 0 Å². The van der Waals surface area contributed by atoms with Crippen LogP contribution in [0.1, 0.15) is 24.4 Å². The maximum Gasteiger partial charge on any atom is 0.249 e. The largest absolute Gasteiger partial charge is 0.343 e. The number of likely N-dealkylation sites (N-methyl/N-ethyl adjacent to an activating group) is 1. The van der Waals surface area contributed by atoms with Crippen molar-refractivity contribution in [1.29, 1.82) is 0 Å². The van der Waals surface area contributed by atoms with Gasteiger partial charge < -0.3 is 15.5 Å². The van der Waals surface area contributed by atoms with E-state index >= 15 is 0 Å². The van der Waals surface area contributed by atoms with E-state index in [-0.39, 0.29) is 24.2 Å². The van der Waals surface area contributed by atoms with Gasteiger partial charge in [0.1, 0.15) is 12.1 Å². The highest BCUT2D eigenvalue weighted by Gasteiger charge is 2.32. The number of rotatable bonds is 5. The minimum absolute atomic E-state index is 0.